The number of hydrogen-bond donors (Lipinski definition) is 2. The third kappa shape index (κ3) is 8.89. The Kier molecular flexibility index (Phi) is 9.62. The molecule has 2 N–H and O–H groups in total. The molecule has 0 aliphatic heterocycles. The third-order valence-electron chi connectivity index (χ3n) is 5.44. The Morgan fingerprint density at radius 1 is 1.09 bits per heavy atom. The smallest absolute Gasteiger partial charge is 0.422 e. The monoisotopic (exact) mass is 495 g/mol. The van der Waals surface area contributed by atoms with E-state index in [1.54, 1.807) is 30.3 Å². The normalized spacial score (nSPS) is 14.4. The second-order valence-corrected chi connectivity index (χ2v) is 9.20. The van der Waals surface area contributed by atoms with Gasteiger partial charge in [0.25, 0.3) is 5.91 Å². The number of thioether (sulfide) groups is 1. The van der Waals surface area contributed by atoms with Crippen LogP contribution >= 0.6 is 11.8 Å². The highest BCUT2D eigenvalue weighted by atomic mass is 32.2. The van der Waals surface area contributed by atoms with Gasteiger partial charge in [0.1, 0.15) is 0 Å². The first kappa shape index (κ1) is 25.9. The number of ether oxygens (including phenoxy) is 1. The molecule has 3 rings (SSSR count). The van der Waals surface area contributed by atoms with Gasteiger partial charge in [0.15, 0.2) is 6.61 Å². The van der Waals surface area contributed by atoms with Crippen LogP contribution in [0.3, 0.4) is 0 Å². The highest BCUT2D eigenvalue weighted by Crippen LogP contribution is 2.24. The van der Waals surface area contributed by atoms with E-state index in [2.05, 4.69) is 20.4 Å². The predicted octanol–water partition coefficient (Wildman–Crippen LogP) is 4.74. The second-order valence-electron chi connectivity index (χ2n) is 8.18. The van der Waals surface area contributed by atoms with Gasteiger partial charge in [0, 0.05) is 30.2 Å². The fourth-order valence-electron chi connectivity index (χ4n) is 3.70. The van der Waals surface area contributed by atoms with Crippen molar-refractivity contribution >= 4 is 23.6 Å². The second kappa shape index (κ2) is 12.6. The number of nitrogens with one attached hydrogen (secondary N) is 2. The Labute approximate surface area is 201 Å². The van der Waals surface area contributed by atoms with E-state index in [1.807, 2.05) is 0 Å². The molecule has 1 aromatic carbocycles. The zero-order chi connectivity index (χ0) is 24.4. The molecule has 1 saturated carbocycles. The van der Waals surface area contributed by atoms with Gasteiger partial charge in [-0.2, -0.15) is 13.2 Å². The van der Waals surface area contributed by atoms with Crippen molar-refractivity contribution in [3.8, 4) is 5.88 Å². The summed E-state index contributed by atoms with van der Waals surface area (Å²) < 4.78 is 41.6. The first-order valence-corrected chi connectivity index (χ1v) is 12.2. The molecule has 1 aliphatic carbocycles. The number of rotatable bonds is 10. The van der Waals surface area contributed by atoms with Crippen LogP contribution in [-0.2, 0) is 11.3 Å². The summed E-state index contributed by atoms with van der Waals surface area (Å²) in [5.41, 5.74) is 0.975. The number of carbonyl (C=O) groups excluding carboxylic acids is 2. The van der Waals surface area contributed by atoms with Crippen molar-refractivity contribution in [1.82, 2.24) is 15.6 Å². The van der Waals surface area contributed by atoms with Crippen LogP contribution in [0, 0.1) is 5.92 Å². The molecule has 10 heteroatoms. The summed E-state index contributed by atoms with van der Waals surface area (Å²) in [6.07, 6.45) is 2.89. The van der Waals surface area contributed by atoms with E-state index >= 15 is 0 Å². The summed E-state index contributed by atoms with van der Waals surface area (Å²) in [7, 11) is 0. The molecule has 0 saturated heterocycles. The lowest BCUT2D eigenvalue weighted by Crippen LogP contribution is -2.31. The van der Waals surface area contributed by atoms with Gasteiger partial charge < -0.3 is 15.4 Å². The van der Waals surface area contributed by atoms with Crippen LogP contribution in [0.2, 0.25) is 0 Å². The summed E-state index contributed by atoms with van der Waals surface area (Å²) in [5, 5.41) is 5.75. The van der Waals surface area contributed by atoms with E-state index in [9.17, 15) is 22.8 Å². The molecule has 2 aromatic rings. The van der Waals surface area contributed by atoms with Gasteiger partial charge in [-0.05, 0) is 42.5 Å². The molecule has 1 aromatic heterocycles. The Morgan fingerprint density at radius 2 is 1.85 bits per heavy atom. The molecule has 2 amide bonds. The minimum Gasteiger partial charge on any atom is -0.468 e. The van der Waals surface area contributed by atoms with E-state index < -0.39 is 12.8 Å². The number of nitrogens with zero attached hydrogens (tertiary/aromatic N) is 1. The van der Waals surface area contributed by atoms with Crippen LogP contribution < -0.4 is 15.4 Å². The fraction of sp³-hybridized carbons (Fsp3) is 0.458. The first-order valence-electron chi connectivity index (χ1n) is 11.2. The van der Waals surface area contributed by atoms with Crippen molar-refractivity contribution in [1.29, 1.82) is 0 Å². The van der Waals surface area contributed by atoms with Crippen LogP contribution in [0.4, 0.5) is 13.2 Å². The van der Waals surface area contributed by atoms with Gasteiger partial charge in [-0.15, -0.1) is 11.8 Å². The fourth-order valence-corrected chi connectivity index (χ4v) is 4.58. The van der Waals surface area contributed by atoms with E-state index in [4.69, 9.17) is 0 Å². The summed E-state index contributed by atoms with van der Waals surface area (Å²) >= 11 is 1.29. The predicted molar refractivity (Wildman–Crippen MR) is 124 cm³/mol. The summed E-state index contributed by atoms with van der Waals surface area (Å²) in [6.45, 7) is -0.651. The van der Waals surface area contributed by atoms with Gasteiger partial charge in [-0.25, -0.2) is 4.98 Å². The largest absolute Gasteiger partial charge is 0.468 e. The van der Waals surface area contributed by atoms with Crippen molar-refractivity contribution in [3.63, 3.8) is 0 Å². The zero-order valence-electron chi connectivity index (χ0n) is 18.7. The maximum atomic E-state index is 12.7. The molecular formula is C24H28F3N3O3S. The first-order chi connectivity index (χ1) is 16.3. The number of hydrogen-bond acceptors (Lipinski definition) is 5. The summed E-state index contributed by atoms with van der Waals surface area (Å²) in [5.74, 6) is 0.184. The topological polar surface area (TPSA) is 80.3 Å². The minimum absolute atomic E-state index is 0.0612. The molecule has 1 aliphatic rings. The molecule has 34 heavy (non-hydrogen) atoms. The Balaban J connectivity index is 1.49. The van der Waals surface area contributed by atoms with E-state index in [0.29, 0.717) is 28.5 Å². The molecule has 0 atom stereocenters. The van der Waals surface area contributed by atoms with Crippen LogP contribution in [-0.4, -0.2) is 41.9 Å². The molecule has 1 fully saturated rings. The number of carbonyl (C=O) groups is 2. The Hall–Kier alpha value is -2.75. The molecule has 0 radical (unpaired) electrons. The molecule has 6 nitrogen and oxygen atoms in total. The van der Waals surface area contributed by atoms with Crippen molar-refractivity contribution in [2.75, 3.05) is 18.9 Å². The number of alkyl halides is 3. The maximum absolute atomic E-state index is 12.7. The van der Waals surface area contributed by atoms with Crippen LogP contribution in [0.1, 0.15) is 48.0 Å². The molecule has 184 valence electrons. The van der Waals surface area contributed by atoms with Crippen LogP contribution in [0.5, 0.6) is 5.88 Å². The lowest BCUT2D eigenvalue weighted by Gasteiger charge is -2.21. The van der Waals surface area contributed by atoms with Gasteiger partial charge in [0.05, 0.1) is 11.3 Å². The quantitative estimate of drug-likeness (QED) is 0.466. The van der Waals surface area contributed by atoms with Crippen molar-refractivity contribution in [2.45, 2.75) is 49.7 Å². The average molecular weight is 496 g/mol. The number of benzene rings is 1. The van der Waals surface area contributed by atoms with Crippen LogP contribution in [0.25, 0.3) is 0 Å². The standard InChI is InChI=1S/C24H28F3N3O3S/c25-24(26,27)16-33-22-12-18(10-11-28-22)14-30-23(32)19-8-4-5-9-20(19)34-15-21(31)29-13-17-6-2-1-3-7-17/h4-5,8-12,17H,1-3,6-7,13-16H2,(H,29,31)(H,30,32). The average Bonchev–Trinajstić information content (AvgIpc) is 2.84. The molecule has 0 bridgehead atoms. The molecular weight excluding hydrogens is 467 g/mol. The minimum atomic E-state index is -4.46. The van der Waals surface area contributed by atoms with E-state index in [0.717, 1.165) is 12.8 Å². The SMILES string of the molecule is O=C(CSc1ccccc1C(=O)NCc1ccnc(OCC(F)(F)F)c1)NCC1CCCCC1. The van der Waals surface area contributed by atoms with Gasteiger partial charge in [-0.1, -0.05) is 31.4 Å². The lowest BCUT2D eigenvalue weighted by atomic mass is 9.89. The maximum Gasteiger partial charge on any atom is 0.422 e. The van der Waals surface area contributed by atoms with Gasteiger partial charge >= 0.3 is 6.18 Å². The molecule has 1 heterocycles. The number of pyridine rings is 1. The lowest BCUT2D eigenvalue weighted by molar-refractivity contribution is -0.154. The van der Waals surface area contributed by atoms with Gasteiger partial charge in [0.2, 0.25) is 11.8 Å². The summed E-state index contributed by atoms with van der Waals surface area (Å²) in [4.78, 5) is 29.4. The van der Waals surface area contributed by atoms with Crippen molar-refractivity contribution in [2.24, 2.45) is 5.92 Å². The Morgan fingerprint density at radius 3 is 2.62 bits per heavy atom. The van der Waals surface area contributed by atoms with Crippen molar-refractivity contribution in [3.05, 3.63) is 53.7 Å². The van der Waals surface area contributed by atoms with E-state index in [-0.39, 0.29) is 30.0 Å². The van der Waals surface area contributed by atoms with Gasteiger partial charge in [-0.3, -0.25) is 9.59 Å². The number of amides is 2. The molecule has 0 unspecified atom stereocenters. The Bertz CT molecular complexity index is 966. The van der Waals surface area contributed by atoms with E-state index in [1.165, 1.54) is 43.3 Å². The third-order valence-corrected chi connectivity index (χ3v) is 6.51. The molecule has 0 spiro atoms. The number of aromatic nitrogens is 1. The summed E-state index contributed by atoms with van der Waals surface area (Å²) in [6, 6.07) is 9.91. The highest BCUT2D eigenvalue weighted by Gasteiger charge is 2.28. The van der Waals surface area contributed by atoms with Crippen LogP contribution in [0.15, 0.2) is 47.5 Å². The number of halogens is 3. The zero-order valence-corrected chi connectivity index (χ0v) is 19.5. The highest BCUT2D eigenvalue weighted by molar-refractivity contribution is 8.00. The van der Waals surface area contributed by atoms with Crippen molar-refractivity contribution < 1.29 is 27.5 Å².